The average Bonchev–Trinajstić information content (AvgIpc) is 2.99. The highest BCUT2D eigenvalue weighted by Crippen LogP contribution is 2.17. The van der Waals surface area contributed by atoms with Crippen molar-refractivity contribution in [2.45, 2.75) is 45.2 Å². The summed E-state index contributed by atoms with van der Waals surface area (Å²) < 4.78 is 15.0. The summed E-state index contributed by atoms with van der Waals surface area (Å²) in [5, 5.41) is 7.54. The fourth-order valence-corrected chi connectivity index (χ4v) is 3.37. The van der Waals surface area contributed by atoms with E-state index in [1.807, 2.05) is 19.2 Å². The van der Waals surface area contributed by atoms with Crippen molar-refractivity contribution in [3.8, 4) is 0 Å². The van der Waals surface area contributed by atoms with Crippen LogP contribution in [0.2, 0.25) is 0 Å². The molecule has 1 aliphatic rings. The topological polar surface area (TPSA) is 50.2 Å². The second-order valence-corrected chi connectivity index (χ2v) is 7.39. The van der Waals surface area contributed by atoms with E-state index in [4.69, 9.17) is 0 Å². The number of hydrogen-bond donors (Lipinski definition) is 1. The molecule has 140 valence electrons. The summed E-state index contributed by atoms with van der Waals surface area (Å²) in [5.41, 5.74) is 2.53. The minimum Gasteiger partial charge on any atom is -0.348 e. The van der Waals surface area contributed by atoms with Crippen molar-refractivity contribution in [2.24, 2.45) is 7.05 Å². The zero-order valence-electron chi connectivity index (χ0n) is 15.7. The Kier molecular flexibility index (Phi) is 5.71. The van der Waals surface area contributed by atoms with Gasteiger partial charge in [0.25, 0.3) is 5.91 Å². The molecule has 1 saturated heterocycles. The summed E-state index contributed by atoms with van der Waals surface area (Å²) in [6.07, 6.45) is 1.80. The van der Waals surface area contributed by atoms with Gasteiger partial charge in [0.15, 0.2) is 0 Å². The van der Waals surface area contributed by atoms with Gasteiger partial charge in [-0.15, -0.1) is 0 Å². The molecule has 0 spiro atoms. The predicted octanol–water partition coefficient (Wildman–Crippen LogP) is 3.08. The molecule has 0 atom stereocenters. The van der Waals surface area contributed by atoms with Gasteiger partial charge in [-0.3, -0.25) is 14.4 Å². The summed E-state index contributed by atoms with van der Waals surface area (Å²) in [4.78, 5) is 14.9. The lowest BCUT2D eigenvalue weighted by Crippen LogP contribution is -2.44. The number of aromatic nitrogens is 2. The first kappa shape index (κ1) is 18.6. The van der Waals surface area contributed by atoms with Crippen molar-refractivity contribution in [1.29, 1.82) is 0 Å². The van der Waals surface area contributed by atoms with Crippen LogP contribution in [-0.2, 0) is 13.6 Å². The lowest BCUT2D eigenvalue weighted by atomic mass is 10.0. The highest BCUT2D eigenvalue weighted by atomic mass is 19.1. The van der Waals surface area contributed by atoms with E-state index in [9.17, 15) is 9.18 Å². The van der Waals surface area contributed by atoms with Gasteiger partial charge in [-0.1, -0.05) is 26.0 Å². The molecule has 26 heavy (non-hydrogen) atoms. The Hall–Kier alpha value is -2.21. The number of amides is 1. The molecular weight excluding hydrogens is 331 g/mol. The Morgan fingerprint density at radius 1 is 1.31 bits per heavy atom. The normalized spacial score (nSPS) is 16.2. The van der Waals surface area contributed by atoms with Crippen molar-refractivity contribution in [3.63, 3.8) is 0 Å². The van der Waals surface area contributed by atoms with Crippen LogP contribution in [0.5, 0.6) is 0 Å². The van der Waals surface area contributed by atoms with E-state index in [0.29, 0.717) is 11.6 Å². The summed E-state index contributed by atoms with van der Waals surface area (Å²) in [5.74, 6) is 0.0471. The monoisotopic (exact) mass is 358 g/mol. The van der Waals surface area contributed by atoms with Gasteiger partial charge in [0.2, 0.25) is 0 Å². The third-order valence-corrected chi connectivity index (χ3v) is 4.94. The van der Waals surface area contributed by atoms with Gasteiger partial charge >= 0.3 is 0 Å². The van der Waals surface area contributed by atoms with E-state index in [2.05, 4.69) is 29.2 Å². The Morgan fingerprint density at radius 3 is 2.65 bits per heavy atom. The number of carbonyl (C=O) groups excluding carboxylic acids is 1. The van der Waals surface area contributed by atoms with Crippen molar-refractivity contribution >= 4 is 5.91 Å². The first-order valence-electron chi connectivity index (χ1n) is 9.24. The molecule has 5 nitrogen and oxygen atoms in total. The molecule has 0 aliphatic carbocycles. The van der Waals surface area contributed by atoms with Crippen molar-refractivity contribution in [2.75, 3.05) is 13.1 Å². The summed E-state index contributed by atoms with van der Waals surface area (Å²) in [6.45, 7) is 6.67. The molecule has 1 N–H and O–H groups in total. The first-order chi connectivity index (χ1) is 12.4. The van der Waals surface area contributed by atoms with Crippen molar-refractivity contribution in [1.82, 2.24) is 20.0 Å². The zero-order valence-corrected chi connectivity index (χ0v) is 15.7. The quantitative estimate of drug-likeness (QED) is 0.894. The van der Waals surface area contributed by atoms with E-state index in [0.717, 1.165) is 43.7 Å². The minimum atomic E-state index is -0.193. The second-order valence-electron chi connectivity index (χ2n) is 7.39. The molecule has 1 amide bonds. The van der Waals surface area contributed by atoms with Crippen LogP contribution in [0.15, 0.2) is 30.3 Å². The van der Waals surface area contributed by atoms with Crippen molar-refractivity contribution in [3.05, 3.63) is 53.1 Å². The zero-order chi connectivity index (χ0) is 18.7. The lowest BCUT2D eigenvalue weighted by molar-refractivity contribution is 0.0899. The number of nitrogens with zero attached hydrogens (tertiary/aromatic N) is 3. The highest BCUT2D eigenvalue weighted by molar-refractivity contribution is 5.92. The van der Waals surface area contributed by atoms with Crippen LogP contribution in [0, 0.1) is 5.82 Å². The SMILES string of the molecule is CC(C)c1cc(C(=O)NC2CCN(Cc3cccc(F)c3)CC2)n(C)n1. The third kappa shape index (κ3) is 4.49. The smallest absolute Gasteiger partial charge is 0.269 e. The van der Waals surface area contributed by atoms with Crippen LogP contribution < -0.4 is 5.32 Å². The fraction of sp³-hybridized carbons (Fsp3) is 0.500. The second kappa shape index (κ2) is 7.99. The number of hydrogen-bond acceptors (Lipinski definition) is 3. The van der Waals surface area contributed by atoms with Crippen LogP contribution in [0.1, 0.15) is 54.4 Å². The summed E-state index contributed by atoms with van der Waals surface area (Å²) in [7, 11) is 1.81. The van der Waals surface area contributed by atoms with E-state index in [1.165, 1.54) is 6.07 Å². The number of halogens is 1. The molecule has 2 aromatic rings. The molecular formula is C20H27FN4O. The number of nitrogens with one attached hydrogen (secondary N) is 1. The van der Waals surface area contributed by atoms with Gasteiger partial charge < -0.3 is 5.32 Å². The van der Waals surface area contributed by atoms with E-state index >= 15 is 0 Å². The van der Waals surface area contributed by atoms with Gasteiger partial charge in [0.1, 0.15) is 11.5 Å². The number of piperidine rings is 1. The fourth-order valence-electron chi connectivity index (χ4n) is 3.37. The standard InChI is InChI=1S/C20H27FN4O/c1-14(2)18-12-19(24(3)23-18)20(26)22-17-7-9-25(10-8-17)13-15-5-4-6-16(21)11-15/h4-6,11-12,14,17H,7-10,13H2,1-3H3,(H,22,26). The lowest BCUT2D eigenvalue weighted by Gasteiger charge is -2.32. The number of rotatable bonds is 5. The molecule has 1 aromatic heterocycles. The molecule has 0 radical (unpaired) electrons. The molecule has 1 aromatic carbocycles. The number of aryl methyl sites for hydroxylation is 1. The Labute approximate surface area is 154 Å². The molecule has 3 rings (SSSR count). The van der Waals surface area contributed by atoms with Crippen molar-refractivity contribution < 1.29 is 9.18 Å². The predicted molar refractivity (Wildman–Crippen MR) is 99.5 cm³/mol. The average molecular weight is 358 g/mol. The number of likely N-dealkylation sites (tertiary alicyclic amines) is 1. The number of carbonyl (C=O) groups is 1. The summed E-state index contributed by atoms with van der Waals surface area (Å²) in [6, 6.07) is 8.79. The maximum atomic E-state index is 13.3. The van der Waals surface area contributed by atoms with E-state index in [1.54, 1.807) is 16.8 Å². The van der Waals surface area contributed by atoms with E-state index < -0.39 is 0 Å². The molecule has 0 bridgehead atoms. The minimum absolute atomic E-state index is 0.0597. The van der Waals surface area contributed by atoms with Gasteiger partial charge in [0.05, 0.1) is 5.69 Å². The molecule has 0 unspecified atom stereocenters. The Morgan fingerprint density at radius 2 is 2.04 bits per heavy atom. The van der Waals surface area contributed by atoms with E-state index in [-0.39, 0.29) is 17.8 Å². The van der Waals surface area contributed by atoms with Crippen LogP contribution in [0.25, 0.3) is 0 Å². The maximum Gasteiger partial charge on any atom is 0.269 e. The third-order valence-electron chi connectivity index (χ3n) is 4.94. The van der Waals surface area contributed by atoms with Gasteiger partial charge in [0, 0.05) is 32.7 Å². The van der Waals surface area contributed by atoms with Gasteiger partial charge in [-0.2, -0.15) is 5.10 Å². The Bertz CT molecular complexity index is 763. The maximum absolute atomic E-state index is 13.3. The largest absolute Gasteiger partial charge is 0.348 e. The number of benzene rings is 1. The first-order valence-corrected chi connectivity index (χ1v) is 9.24. The molecule has 1 fully saturated rings. The molecule has 6 heteroatoms. The van der Waals surface area contributed by atoms with Crippen LogP contribution >= 0.6 is 0 Å². The summed E-state index contributed by atoms with van der Waals surface area (Å²) >= 11 is 0. The van der Waals surface area contributed by atoms with Crippen LogP contribution in [-0.4, -0.2) is 39.7 Å². The Balaban J connectivity index is 1.51. The molecule has 2 heterocycles. The van der Waals surface area contributed by atoms with Gasteiger partial charge in [-0.05, 0) is 42.5 Å². The van der Waals surface area contributed by atoms with Crippen LogP contribution in [0.4, 0.5) is 4.39 Å². The van der Waals surface area contributed by atoms with Crippen LogP contribution in [0.3, 0.4) is 0 Å². The molecule has 0 saturated carbocycles. The molecule has 1 aliphatic heterocycles. The highest BCUT2D eigenvalue weighted by Gasteiger charge is 2.23. The van der Waals surface area contributed by atoms with Gasteiger partial charge in [-0.25, -0.2) is 4.39 Å².